The first-order valence-electron chi connectivity index (χ1n) is 10.5. The van der Waals surface area contributed by atoms with Gasteiger partial charge in [0.2, 0.25) is 5.91 Å². The van der Waals surface area contributed by atoms with Crippen molar-refractivity contribution in [3.63, 3.8) is 0 Å². The van der Waals surface area contributed by atoms with Crippen LogP contribution in [0.1, 0.15) is 41.6 Å². The van der Waals surface area contributed by atoms with E-state index in [0.29, 0.717) is 11.3 Å². The van der Waals surface area contributed by atoms with Crippen molar-refractivity contribution in [1.29, 1.82) is 0 Å². The molecule has 2 N–H and O–H groups in total. The minimum absolute atomic E-state index is 0.134. The Morgan fingerprint density at radius 3 is 2.74 bits per heavy atom. The van der Waals surface area contributed by atoms with Crippen LogP contribution < -0.4 is 10.6 Å². The molecule has 0 aliphatic heterocycles. The van der Waals surface area contributed by atoms with E-state index < -0.39 is 0 Å². The average molecular weight is 435 g/mol. The molecule has 1 aromatic heterocycles. The van der Waals surface area contributed by atoms with Gasteiger partial charge in [-0.25, -0.2) is 4.98 Å². The zero-order valence-electron chi connectivity index (χ0n) is 17.5. The van der Waals surface area contributed by atoms with Crippen LogP contribution in [0, 0.1) is 6.92 Å². The zero-order chi connectivity index (χ0) is 21.6. The molecule has 1 aliphatic carbocycles. The predicted octanol–water partition coefficient (Wildman–Crippen LogP) is 4.58. The minimum atomic E-state index is -0.176. The van der Waals surface area contributed by atoms with Gasteiger partial charge in [0.05, 0.1) is 17.0 Å². The fourth-order valence-corrected chi connectivity index (χ4v) is 4.58. The number of imidazole rings is 1. The van der Waals surface area contributed by atoms with Crippen molar-refractivity contribution in [1.82, 2.24) is 14.9 Å². The molecule has 3 aromatic rings. The summed E-state index contributed by atoms with van der Waals surface area (Å²) in [7, 11) is 0. The monoisotopic (exact) mass is 434 g/mol. The third kappa shape index (κ3) is 5.35. The summed E-state index contributed by atoms with van der Waals surface area (Å²) >= 11 is 1.36. The van der Waals surface area contributed by atoms with Crippen molar-refractivity contribution in [3.8, 4) is 5.69 Å². The molecule has 2 amide bonds. The largest absolute Gasteiger partial charge is 0.349 e. The number of rotatable bonds is 7. The summed E-state index contributed by atoms with van der Waals surface area (Å²) in [5.41, 5.74) is 3.20. The molecule has 2 aromatic carbocycles. The van der Waals surface area contributed by atoms with Crippen molar-refractivity contribution >= 4 is 29.3 Å². The third-order valence-corrected chi connectivity index (χ3v) is 6.32. The maximum absolute atomic E-state index is 12.7. The van der Waals surface area contributed by atoms with Gasteiger partial charge in [-0.05, 0) is 49.6 Å². The number of anilines is 1. The quantitative estimate of drug-likeness (QED) is 0.534. The lowest BCUT2D eigenvalue weighted by atomic mass is 10.1. The molecule has 7 heteroatoms. The molecule has 0 saturated heterocycles. The molecule has 6 nitrogen and oxygen atoms in total. The van der Waals surface area contributed by atoms with Crippen LogP contribution in [0.3, 0.4) is 0 Å². The van der Waals surface area contributed by atoms with E-state index >= 15 is 0 Å². The number of aromatic nitrogens is 2. The van der Waals surface area contributed by atoms with E-state index in [1.54, 1.807) is 18.3 Å². The number of para-hydroxylation sites is 1. The first-order chi connectivity index (χ1) is 15.1. The van der Waals surface area contributed by atoms with Gasteiger partial charge >= 0.3 is 0 Å². The van der Waals surface area contributed by atoms with Gasteiger partial charge in [0.1, 0.15) is 0 Å². The minimum Gasteiger partial charge on any atom is -0.349 e. The number of hydrogen-bond donors (Lipinski definition) is 2. The van der Waals surface area contributed by atoms with E-state index in [0.717, 1.165) is 42.1 Å². The van der Waals surface area contributed by atoms with Gasteiger partial charge in [-0.15, -0.1) is 0 Å². The van der Waals surface area contributed by atoms with Gasteiger partial charge in [0, 0.05) is 24.1 Å². The number of aryl methyl sites for hydroxylation is 1. The fraction of sp³-hybridized carbons (Fsp3) is 0.292. The maximum atomic E-state index is 12.7. The zero-order valence-corrected chi connectivity index (χ0v) is 18.3. The third-order valence-electron chi connectivity index (χ3n) is 5.36. The van der Waals surface area contributed by atoms with Gasteiger partial charge in [0.15, 0.2) is 5.16 Å². The summed E-state index contributed by atoms with van der Waals surface area (Å²) in [6.45, 7) is 2.04. The summed E-state index contributed by atoms with van der Waals surface area (Å²) < 4.78 is 1.97. The van der Waals surface area contributed by atoms with Crippen LogP contribution >= 0.6 is 11.8 Å². The lowest BCUT2D eigenvalue weighted by molar-refractivity contribution is -0.113. The normalized spacial score (nSPS) is 13.8. The number of benzene rings is 2. The predicted molar refractivity (Wildman–Crippen MR) is 124 cm³/mol. The highest BCUT2D eigenvalue weighted by Crippen LogP contribution is 2.23. The van der Waals surface area contributed by atoms with Crippen molar-refractivity contribution in [2.24, 2.45) is 0 Å². The Hall–Kier alpha value is -3.06. The molecular formula is C24H26N4O2S. The van der Waals surface area contributed by atoms with E-state index in [1.807, 2.05) is 48.0 Å². The highest BCUT2D eigenvalue weighted by molar-refractivity contribution is 7.99. The first-order valence-corrected chi connectivity index (χ1v) is 11.5. The molecule has 0 radical (unpaired) electrons. The Labute approximate surface area is 186 Å². The van der Waals surface area contributed by atoms with Crippen molar-refractivity contribution in [2.75, 3.05) is 11.1 Å². The van der Waals surface area contributed by atoms with Gasteiger partial charge in [-0.3, -0.25) is 14.2 Å². The summed E-state index contributed by atoms with van der Waals surface area (Å²) in [6.07, 6.45) is 7.95. The second-order valence-electron chi connectivity index (χ2n) is 7.76. The van der Waals surface area contributed by atoms with Crippen molar-refractivity contribution in [2.45, 2.75) is 43.8 Å². The van der Waals surface area contributed by atoms with Crippen LogP contribution in [0.2, 0.25) is 0 Å². The molecule has 1 aliphatic rings. The van der Waals surface area contributed by atoms with Crippen LogP contribution in [0.25, 0.3) is 5.69 Å². The Balaban J connectivity index is 1.39. The van der Waals surface area contributed by atoms with Crippen LogP contribution in [0.5, 0.6) is 0 Å². The summed E-state index contributed by atoms with van der Waals surface area (Å²) in [4.78, 5) is 29.7. The van der Waals surface area contributed by atoms with E-state index in [-0.39, 0.29) is 23.6 Å². The number of hydrogen-bond acceptors (Lipinski definition) is 4. The topological polar surface area (TPSA) is 76.0 Å². The van der Waals surface area contributed by atoms with Gasteiger partial charge < -0.3 is 10.6 Å². The Kier molecular flexibility index (Phi) is 6.72. The van der Waals surface area contributed by atoms with E-state index in [4.69, 9.17) is 0 Å². The van der Waals surface area contributed by atoms with Crippen LogP contribution in [-0.4, -0.2) is 33.2 Å². The second-order valence-corrected chi connectivity index (χ2v) is 8.70. The van der Waals surface area contributed by atoms with Crippen LogP contribution in [0.4, 0.5) is 5.69 Å². The summed E-state index contributed by atoms with van der Waals surface area (Å²) in [6, 6.07) is 15.5. The molecule has 160 valence electrons. The summed E-state index contributed by atoms with van der Waals surface area (Å²) in [5.74, 6) is -0.114. The smallest absolute Gasteiger partial charge is 0.253 e. The van der Waals surface area contributed by atoms with Gasteiger partial charge in [-0.1, -0.05) is 48.9 Å². The molecule has 0 spiro atoms. The SMILES string of the molecule is Cc1cccc(-n2ccnc2SCC(=O)Nc2ccccc2C(=O)NC2CCCC2)c1. The number of carbonyl (C=O) groups is 2. The molecule has 0 unspecified atom stereocenters. The van der Waals surface area contributed by atoms with Gasteiger partial charge in [-0.2, -0.15) is 0 Å². The molecular weight excluding hydrogens is 408 g/mol. The molecule has 31 heavy (non-hydrogen) atoms. The Bertz CT molecular complexity index is 1070. The number of thioether (sulfide) groups is 1. The molecule has 1 heterocycles. The van der Waals surface area contributed by atoms with Crippen LogP contribution in [-0.2, 0) is 4.79 Å². The highest BCUT2D eigenvalue weighted by atomic mass is 32.2. The first kappa shape index (κ1) is 21.2. The number of amides is 2. The fourth-order valence-electron chi connectivity index (χ4n) is 3.81. The van der Waals surface area contributed by atoms with Gasteiger partial charge in [0.25, 0.3) is 5.91 Å². The molecule has 1 saturated carbocycles. The maximum Gasteiger partial charge on any atom is 0.253 e. The van der Waals surface area contributed by atoms with Crippen molar-refractivity contribution in [3.05, 3.63) is 72.1 Å². The van der Waals surface area contributed by atoms with E-state index in [9.17, 15) is 9.59 Å². The molecule has 0 atom stereocenters. The summed E-state index contributed by atoms with van der Waals surface area (Å²) in [5, 5.41) is 6.72. The van der Waals surface area contributed by atoms with E-state index in [2.05, 4.69) is 21.7 Å². The Morgan fingerprint density at radius 1 is 1.13 bits per heavy atom. The Morgan fingerprint density at radius 2 is 1.94 bits per heavy atom. The second kappa shape index (κ2) is 9.83. The molecule has 1 fully saturated rings. The lowest BCUT2D eigenvalue weighted by Gasteiger charge is -2.15. The molecule has 0 bridgehead atoms. The number of nitrogens with one attached hydrogen (secondary N) is 2. The van der Waals surface area contributed by atoms with Crippen LogP contribution in [0.15, 0.2) is 66.1 Å². The highest BCUT2D eigenvalue weighted by Gasteiger charge is 2.20. The van der Waals surface area contributed by atoms with E-state index in [1.165, 1.54) is 11.8 Å². The number of carbonyl (C=O) groups excluding carboxylic acids is 2. The lowest BCUT2D eigenvalue weighted by Crippen LogP contribution is -2.33. The van der Waals surface area contributed by atoms with Crippen molar-refractivity contribution < 1.29 is 9.59 Å². The average Bonchev–Trinajstić information content (AvgIpc) is 3.44. The standard InChI is InChI=1S/C24H26N4O2S/c1-17-7-6-10-19(15-17)28-14-13-25-24(28)31-16-22(29)27-21-12-5-4-11-20(21)23(30)26-18-8-2-3-9-18/h4-7,10-15,18H,2-3,8-9,16H2,1H3,(H,26,30)(H,27,29). The molecule has 4 rings (SSSR count). The number of nitrogens with zero attached hydrogens (tertiary/aromatic N) is 2.